The quantitative estimate of drug-likeness (QED) is 0.714. The number of aromatic nitrogens is 2. The Morgan fingerprint density at radius 2 is 2.04 bits per heavy atom. The molecule has 2 aliphatic rings. The van der Waals surface area contributed by atoms with Crippen LogP contribution in [0.1, 0.15) is 41.3 Å². The summed E-state index contributed by atoms with van der Waals surface area (Å²) < 4.78 is 2.52. The zero-order valence-corrected chi connectivity index (χ0v) is 14.9. The van der Waals surface area contributed by atoms with Crippen LogP contribution in [0.4, 0.5) is 0 Å². The van der Waals surface area contributed by atoms with Crippen LogP contribution in [0, 0.1) is 6.92 Å². The lowest BCUT2D eigenvalue weighted by atomic mass is 9.96. The van der Waals surface area contributed by atoms with Crippen LogP contribution in [-0.4, -0.2) is 27.5 Å². The molecule has 0 saturated carbocycles. The predicted octanol–water partition coefficient (Wildman–Crippen LogP) is 4.28. The number of benzene rings is 1. The fourth-order valence-electron chi connectivity index (χ4n) is 4.84. The van der Waals surface area contributed by atoms with Crippen molar-refractivity contribution in [3.63, 3.8) is 0 Å². The topological polar surface area (TPSA) is 21.1 Å². The second-order valence-corrected chi connectivity index (χ2v) is 7.58. The van der Waals surface area contributed by atoms with Gasteiger partial charge < -0.3 is 4.57 Å². The summed E-state index contributed by atoms with van der Waals surface area (Å²) >= 11 is 0. The van der Waals surface area contributed by atoms with Crippen LogP contribution in [0.15, 0.2) is 42.6 Å². The van der Waals surface area contributed by atoms with E-state index in [9.17, 15) is 0 Å². The summed E-state index contributed by atoms with van der Waals surface area (Å²) in [7, 11) is 0. The fourth-order valence-corrected chi connectivity index (χ4v) is 4.84. The Kier molecular flexibility index (Phi) is 3.63. The molecule has 0 radical (unpaired) electrons. The number of hydrogen-bond donors (Lipinski definition) is 0. The van der Waals surface area contributed by atoms with Gasteiger partial charge in [-0.1, -0.05) is 30.3 Å². The second kappa shape index (κ2) is 5.99. The van der Waals surface area contributed by atoms with Gasteiger partial charge in [0.25, 0.3) is 0 Å². The molecule has 128 valence electrons. The van der Waals surface area contributed by atoms with Gasteiger partial charge in [0, 0.05) is 42.8 Å². The Balaban J connectivity index is 1.61. The Bertz CT molecular complexity index is 910. The van der Waals surface area contributed by atoms with E-state index in [1.54, 1.807) is 11.3 Å². The lowest BCUT2D eigenvalue weighted by molar-refractivity contribution is 0.242. The Morgan fingerprint density at radius 3 is 2.92 bits per heavy atom. The third-order valence-corrected chi connectivity index (χ3v) is 5.99. The molecule has 3 nitrogen and oxygen atoms in total. The maximum absolute atomic E-state index is 4.86. The van der Waals surface area contributed by atoms with Gasteiger partial charge in [0.2, 0.25) is 0 Å². The zero-order valence-electron chi connectivity index (χ0n) is 14.9. The van der Waals surface area contributed by atoms with Gasteiger partial charge in [-0.3, -0.25) is 4.90 Å². The van der Waals surface area contributed by atoms with Crippen molar-refractivity contribution in [3.8, 4) is 0 Å². The van der Waals surface area contributed by atoms with E-state index >= 15 is 0 Å². The average Bonchev–Trinajstić information content (AvgIpc) is 3.22. The van der Waals surface area contributed by atoms with Crippen molar-refractivity contribution in [3.05, 3.63) is 65.0 Å². The van der Waals surface area contributed by atoms with Crippen LogP contribution in [0.2, 0.25) is 0 Å². The monoisotopic (exact) mass is 331 g/mol. The van der Waals surface area contributed by atoms with Gasteiger partial charge in [-0.15, -0.1) is 0 Å². The molecular weight excluding hydrogens is 306 g/mol. The van der Waals surface area contributed by atoms with Gasteiger partial charge >= 0.3 is 0 Å². The van der Waals surface area contributed by atoms with Crippen LogP contribution < -0.4 is 0 Å². The minimum atomic E-state index is 0.618. The lowest BCUT2D eigenvalue weighted by Gasteiger charge is -2.31. The number of pyridine rings is 1. The highest BCUT2D eigenvalue weighted by atomic mass is 15.2. The second-order valence-electron chi connectivity index (χ2n) is 7.58. The van der Waals surface area contributed by atoms with Crippen molar-refractivity contribution in [2.45, 2.75) is 45.2 Å². The van der Waals surface area contributed by atoms with Crippen molar-refractivity contribution in [1.82, 2.24) is 14.5 Å². The highest BCUT2D eigenvalue weighted by Crippen LogP contribution is 2.42. The van der Waals surface area contributed by atoms with E-state index in [2.05, 4.69) is 52.8 Å². The van der Waals surface area contributed by atoms with Crippen LogP contribution in [0.3, 0.4) is 0 Å². The third-order valence-electron chi connectivity index (χ3n) is 5.99. The Morgan fingerprint density at radius 1 is 1.16 bits per heavy atom. The standard InChI is InChI=1S/C22H25N3/c1-16-14-18-21-19-8-5-11-24(19)12-10-20(21)25(22(18)23-15-16)13-9-17-6-3-2-4-7-17/h2-4,6-7,14-15,19H,5,8-13H2,1H3. The average molecular weight is 331 g/mol. The molecule has 0 spiro atoms. The highest BCUT2D eigenvalue weighted by molar-refractivity contribution is 5.84. The molecule has 25 heavy (non-hydrogen) atoms. The summed E-state index contributed by atoms with van der Waals surface area (Å²) in [6.45, 7) is 5.66. The van der Waals surface area contributed by atoms with E-state index in [0.717, 1.165) is 19.4 Å². The normalized spacial score (nSPS) is 20.0. The Hall–Kier alpha value is -2.13. The number of aryl methyl sites for hydroxylation is 3. The molecular formula is C22H25N3. The molecule has 1 fully saturated rings. The van der Waals surface area contributed by atoms with Crippen molar-refractivity contribution in [1.29, 1.82) is 0 Å². The lowest BCUT2D eigenvalue weighted by Crippen LogP contribution is -2.31. The van der Waals surface area contributed by atoms with E-state index in [0.29, 0.717) is 6.04 Å². The number of hydrogen-bond acceptors (Lipinski definition) is 2. The maximum Gasteiger partial charge on any atom is 0.140 e. The molecule has 2 aliphatic heterocycles. The summed E-state index contributed by atoms with van der Waals surface area (Å²) in [5.41, 5.74) is 7.00. The molecule has 4 heterocycles. The number of rotatable bonds is 3. The number of fused-ring (bicyclic) bond motifs is 5. The summed E-state index contributed by atoms with van der Waals surface area (Å²) in [6.07, 6.45) is 6.90. The first-order chi connectivity index (χ1) is 12.3. The maximum atomic E-state index is 4.86. The minimum absolute atomic E-state index is 0.618. The first-order valence-corrected chi connectivity index (χ1v) is 9.57. The van der Waals surface area contributed by atoms with Crippen LogP contribution in [0.25, 0.3) is 11.0 Å². The van der Waals surface area contributed by atoms with Crippen molar-refractivity contribution in [2.75, 3.05) is 13.1 Å². The van der Waals surface area contributed by atoms with Gasteiger partial charge in [-0.05, 0) is 55.5 Å². The van der Waals surface area contributed by atoms with Crippen molar-refractivity contribution >= 4 is 11.0 Å². The van der Waals surface area contributed by atoms with E-state index in [-0.39, 0.29) is 0 Å². The van der Waals surface area contributed by atoms with Gasteiger partial charge in [-0.25, -0.2) is 4.98 Å². The van der Waals surface area contributed by atoms with Gasteiger partial charge in [0.05, 0.1) is 0 Å². The molecule has 3 aromatic rings. The molecule has 0 N–H and O–H groups in total. The summed E-state index contributed by atoms with van der Waals surface area (Å²) in [5.74, 6) is 0. The zero-order chi connectivity index (χ0) is 16.8. The third kappa shape index (κ3) is 2.49. The minimum Gasteiger partial charge on any atom is -0.329 e. The summed E-state index contributed by atoms with van der Waals surface area (Å²) in [5, 5.41) is 1.40. The largest absolute Gasteiger partial charge is 0.329 e. The van der Waals surface area contributed by atoms with Crippen LogP contribution in [-0.2, 0) is 19.4 Å². The molecule has 5 rings (SSSR count). The van der Waals surface area contributed by atoms with E-state index in [4.69, 9.17) is 4.98 Å². The van der Waals surface area contributed by atoms with E-state index < -0.39 is 0 Å². The molecule has 1 aromatic carbocycles. The van der Waals surface area contributed by atoms with Crippen molar-refractivity contribution in [2.24, 2.45) is 0 Å². The fraction of sp³-hybridized carbons (Fsp3) is 0.409. The molecule has 0 amide bonds. The molecule has 1 saturated heterocycles. The van der Waals surface area contributed by atoms with Crippen molar-refractivity contribution < 1.29 is 0 Å². The molecule has 0 bridgehead atoms. The smallest absolute Gasteiger partial charge is 0.140 e. The SMILES string of the molecule is Cc1cnc2c(c1)c1c(n2CCc2ccccc2)CCN2CCCC12. The Labute approximate surface area is 149 Å². The van der Waals surface area contributed by atoms with Gasteiger partial charge in [0.15, 0.2) is 0 Å². The van der Waals surface area contributed by atoms with Crippen LogP contribution >= 0.6 is 0 Å². The van der Waals surface area contributed by atoms with Gasteiger partial charge in [-0.2, -0.15) is 0 Å². The molecule has 2 aromatic heterocycles. The molecule has 1 atom stereocenters. The summed E-state index contributed by atoms with van der Waals surface area (Å²) in [6, 6.07) is 13.8. The van der Waals surface area contributed by atoms with Crippen LogP contribution in [0.5, 0.6) is 0 Å². The molecule has 3 heteroatoms. The molecule has 0 aliphatic carbocycles. The van der Waals surface area contributed by atoms with Gasteiger partial charge in [0.1, 0.15) is 5.65 Å². The summed E-state index contributed by atoms with van der Waals surface area (Å²) in [4.78, 5) is 7.54. The number of nitrogens with zero attached hydrogens (tertiary/aromatic N) is 3. The predicted molar refractivity (Wildman–Crippen MR) is 102 cm³/mol. The molecule has 1 unspecified atom stereocenters. The first-order valence-electron chi connectivity index (χ1n) is 9.57. The first kappa shape index (κ1) is 15.2. The van der Waals surface area contributed by atoms with E-state index in [1.807, 2.05) is 6.20 Å². The highest BCUT2D eigenvalue weighted by Gasteiger charge is 2.35. The van der Waals surface area contributed by atoms with E-state index in [1.165, 1.54) is 48.1 Å².